The number of hydrogen-bond acceptors (Lipinski definition) is 4. The Bertz CT molecular complexity index is 555. The van der Waals surface area contributed by atoms with E-state index in [1.54, 1.807) is 0 Å². The number of amides is 1. The first-order valence-electron chi connectivity index (χ1n) is 9.75. The normalized spacial score (nSPS) is 24.2. The minimum atomic E-state index is 0.223. The van der Waals surface area contributed by atoms with Crippen molar-refractivity contribution in [3.8, 4) is 0 Å². The van der Waals surface area contributed by atoms with E-state index in [9.17, 15) is 4.79 Å². The van der Waals surface area contributed by atoms with Crippen LogP contribution < -0.4 is 5.32 Å². The molecular weight excluding hydrogens is 318 g/mol. The quantitative estimate of drug-likeness (QED) is 0.884. The van der Waals surface area contributed by atoms with Crippen LogP contribution in [0.5, 0.6) is 0 Å². The van der Waals surface area contributed by atoms with Crippen molar-refractivity contribution in [2.45, 2.75) is 76.3 Å². The summed E-state index contributed by atoms with van der Waals surface area (Å²) in [6.45, 7) is 3.01. The Kier molecular flexibility index (Phi) is 5.18. The number of carbonyl (C=O) groups excluding carboxylic acids is 1. The van der Waals surface area contributed by atoms with Crippen molar-refractivity contribution in [1.29, 1.82) is 0 Å². The van der Waals surface area contributed by atoms with Crippen molar-refractivity contribution in [3.63, 3.8) is 0 Å². The van der Waals surface area contributed by atoms with Crippen molar-refractivity contribution < 1.29 is 4.79 Å². The molecule has 1 aromatic heterocycles. The highest BCUT2D eigenvalue weighted by Crippen LogP contribution is 2.41. The number of carbonyl (C=O) groups is 1. The van der Waals surface area contributed by atoms with Gasteiger partial charge in [0.05, 0.1) is 10.7 Å². The van der Waals surface area contributed by atoms with Gasteiger partial charge in [-0.1, -0.05) is 19.3 Å². The predicted molar refractivity (Wildman–Crippen MR) is 97.1 cm³/mol. The van der Waals surface area contributed by atoms with E-state index in [1.165, 1.54) is 55.6 Å². The van der Waals surface area contributed by atoms with E-state index in [1.807, 2.05) is 11.3 Å². The Morgan fingerprint density at radius 3 is 2.58 bits per heavy atom. The van der Waals surface area contributed by atoms with Gasteiger partial charge >= 0.3 is 0 Å². The van der Waals surface area contributed by atoms with Gasteiger partial charge in [0.15, 0.2) is 0 Å². The molecule has 1 aliphatic heterocycles. The standard InChI is InChI=1S/C19H29N3OS/c23-18(20-16-4-2-1-3-5-16)14-8-10-22(11-9-14)12-17-13-24-19(21-17)15-6-7-15/h13-16H,1-12H2,(H,20,23). The molecule has 3 fully saturated rings. The molecule has 4 rings (SSSR count). The Morgan fingerprint density at radius 1 is 1.12 bits per heavy atom. The maximum absolute atomic E-state index is 12.5. The second-order valence-electron chi connectivity index (χ2n) is 7.85. The van der Waals surface area contributed by atoms with Gasteiger partial charge in [0.2, 0.25) is 5.91 Å². The number of nitrogens with one attached hydrogen (secondary N) is 1. The van der Waals surface area contributed by atoms with Crippen LogP contribution in [0.1, 0.15) is 74.4 Å². The van der Waals surface area contributed by atoms with Gasteiger partial charge in [-0.05, 0) is 51.6 Å². The highest BCUT2D eigenvalue weighted by Gasteiger charge is 2.29. The molecule has 0 spiro atoms. The summed E-state index contributed by atoms with van der Waals surface area (Å²) in [4.78, 5) is 19.7. The second-order valence-corrected chi connectivity index (χ2v) is 8.73. The van der Waals surface area contributed by atoms with Gasteiger partial charge in [-0.2, -0.15) is 0 Å². The van der Waals surface area contributed by atoms with E-state index in [4.69, 9.17) is 4.98 Å². The molecular formula is C19H29N3OS. The van der Waals surface area contributed by atoms with E-state index in [0.717, 1.165) is 38.4 Å². The monoisotopic (exact) mass is 347 g/mol. The average molecular weight is 348 g/mol. The lowest BCUT2D eigenvalue weighted by Gasteiger charge is -2.32. The molecule has 1 aromatic rings. The molecule has 1 N–H and O–H groups in total. The van der Waals surface area contributed by atoms with Crippen LogP contribution in [0, 0.1) is 5.92 Å². The molecule has 2 saturated carbocycles. The number of aromatic nitrogens is 1. The zero-order valence-corrected chi connectivity index (χ0v) is 15.3. The van der Waals surface area contributed by atoms with Gasteiger partial charge in [0.25, 0.3) is 0 Å². The van der Waals surface area contributed by atoms with Crippen LogP contribution in [0.3, 0.4) is 0 Å². The highest BCUT2D eigenvalue weighted by atomic mass is 32.1. The van der Waals surface area contributed by atoms with E-state index < -0.39 is 0 Å². The average Bonchev–Trinajstić information content (AvgIpc) is 3.36. The summed E-state index contributed by atoms with van der Waals surface area (Å²) in [5.41, 5.74) is 1.23. The lowest BCUT2D eigenvalue weighted by molar-refractivity contribution is -0.127. The van der Waals surface area contributed by atoms with Crippen LogP contribution in [-0.2, 0) is 11.3 Å². The topological polar surface area (TPSA) is 45.2 Å². The first kappa shape index (κ1) is 16.5. The molecule has 2 aliphatic carbocycles. The first-order chi connectivity index (χ1) is 11.8. The molecule has 132 valence electrons. The van der Waals surface area contributed by atoms with Crippen molar-refractivity contribution in [2.75, 3.05) is 13.1 Å². The number of rotatable bonds is 5. The van der Waals surface area contributed by atoms with E-state index in [2.05, 4.69) is 15.6 Å². The van der Waals surface area contributed by atoms with Crippen LogP contribution in [-0.4, -0.2) is 34.9 Å². The Balaban J connectivity index is 1.21. The van der Waals surface area contributed by atoms with Crippen LogP contribution in [0.15, 0.2) is 5.38 Å². The maximum Gasteiger partial charge on any atom is 0.223 e. The molecule has 24 heavy (non-hydrogen) atoms. The minimum absolute atomic E-state index is 0.223. The minimum Gasteiger partial charge on any atom is -0.353 e. The molecule has 0 radical (unpaired) electrons. The largest absolute Gasteiger partial charge is 0.353 e. The van der Waals surface area contributed by atoms with Gasteiger partial charge in [-0.25, -0.2) is 4.98 Å². The number of nitrogens with zero attached hydrogens (tertiary/aromatic N) is 2. The molecule has 1 amide bonds. The fraction of sp³-hybridized carbons (Fsp3) is 0.789. The lowest BCUT2D eigenvalue weighted by atomic mass is 9.92. The Labute approximate surface area is 149 Å². The first-order valence-corrected chi connectivity index (χ1v) is 10.6. The summed E-state index contributed by atoms with van der Waals surface area (Å²) >= 11 is 1.83. The van der Waals surface area contributed by atoms with Crippen molar-refractivity contribution in [2.24, 2.45) is 5.92 Å². The molecule has 5 heteroatoms. The smallest absolute Gasteiger partial charge is 0.223 e. The second kappa shape index (κ2) is 7.52. The molecule has 0 atom stereocenters. The third-order valence-electron chi connectivity index (χ3n) is 5.79. The van der Waals surface area contributed by atoms with E-state index in [-0.39, 0.29) is 5.92 Å². The zero-order chi connectivity index (χ0) is 16.4. The molecule has 3 aliphatic rings. The highest BCUT2D eigenvalue weighted by molar-refractivity contribution is 7.09. The molecule has 0 bridgehead atoms. The predicted octanol–water partition coefficient (Wildman–Crippen LogP) is 3.68. The van der Waals surface area contributed by atoms with Gasteiger partial charge in [-0.3, -0.25) is 9.69 Å². The lowest BCUT2D eigenvalue weighted by Crippen LogP contribution is -2.44. The van der Waals surface area contributed by atoms with Gasteiger partial charge in [0, 0.05) is 29.8 Å². The fourth-order valence-corrected chi connectivity index (χ4v) is 5.04. The van der Waals surface area contributed by atoms with Crippen LogP contribution >= 0.6 is 11.3 Å². The van der Waals surface area contributed by atoms with Gasteiger partial charge in [0.1, 0.15) is 0 Å². The summed E-state index contributed by atoms with van der Waals surface area (Å²) in [6.07, 6.45) is 10.9. The maximum atomic E-state index is 12.5. The van der Waals surface area contributed by atoms with Crippen molar-refractivity contribution in [3.05, 3.63) is 16.1 Å². The van der Waals surface area contributed by atoms with Crippen LogP contribution in [0.25, 0.3) is 0 Å². The van der Waals surface area contributed by atoms with E-state index >= 15 is 0 Å². The summed E-state index contributed by atoms with van der Waals surface area (Å²) < 4.78 is 0. The molecule has 0 unspecified atom stereocenters. The summed E-state index contributed by atoms with van der Waals surface area (Å²) in [6, 6.07) is 0.445. The van der Waals surface area contributed by atoms with E-state index in [0.29, 0.717) is 11.9 Å². The number of piperidine rings is 1. The third kappa shape index (κ3) is 4.17. The molecule has 4 nitrogen and oxygen atoms in total. The van der Waals surface area contributed by atoms with Crippen molar-refractivity contribution >= 4 is 17.2 Å². The number of likely N-dealkylation sites (tertiary alicyclic amines) is 1. The van der Waals surface area contributed by atoms with Crippen LogP contribution in [0.4, 0.5) is 0 Å². The van der Waals surface area contributed by atoms with Gasteiger partial charge < -0.3 is 5.32 Å². The summed E-state index contributed by atoms with van der Waals surface area (Å²) in [5, 5.41) is 6.88. The summed E-state index contributed by atoms with van der Waals surface area (Å²) in [7, 11) is 0. The molecule has 2 heterocycles. The zero-order valence-electron chi connectivity index (χ0n) is 14.5. The Hall–Kier alpha value is -0.940. The van der Waals surface area contributed by atoms with Crippen molar-refractivity contribution in [1.82, 2.24) is 15.2 Å². The number of hydrogen-bond donors (Lipinski definition) is 1. The summed E-state index contributed by atoms with van der Waals surface area (Å²) in [5.74, 6) is 1.30. The fourth-order valence-electron chi connectivity index (χ4n) is 4.06. The third-order valence-corrected chi connectivity index (χ3v) is 6.85. The van der Waals surface area contributed by atoms with Crippen LogP contribution in [0.2, 0.25) is 0 Å². The Morgan fingerprint density at radius 2 is 1.88 bits per heavy atom. The molecule has 1 saturated heterocycles. The van der Waals surface area contributed by atoms with Gasteiger partial charge in [-0.15, -0.1) is 11.3 Å². The SMILES string of the molecule is O=C(NC1CCCCC1)C1CCN(Cc2csc(C3CC3)n2)CC1. The molecule has 0 aromatic carbocycles. The number of thiazole rings is 1.